The second-order valence-corrected chi connectivity index (χ2v) is 5.56. The van der Waals surface area contributed by atoms with Crippen LogP contribution in [0, 0.1) is 11.6 Å². The molecule has 0 bridgehead atoms. The molecule has 1 fully saturated rings. The zero-order valence-electron chi connectivity index (χ0n) is 12.5. The largest absolute Gasteiger partial charge is 0.379 e. The molecule has 1 aliphatic heterocycles. The number of carbonyl (C=O) groups excluding carboxylic acids is 1. The van der Waals surface area contributed by atoms with Gasteiger partial charge in [0.1, 0.15) is 11.6 Å². The Balaban J connectivity index is 2.15. The number of benzene rings is 1. The molecule has 0 spiro atoms. The van der Waals surface area contributed by atoms with Crippen molar-refractivity contribution in [2.75, 3.05) is 26.3 Å². The lowest BCUT2D eigenvalue weighted by molar-refractivity contribution is -0.133. The summed E-state index contributed by atoms with van der Waals surface area (Å²) in [4.78, 5) is 14.8. The van der Waals surface area contributed by atoms with Crippen LogP contribution in [0.15, 0.2) is 18.2 Å². The molecule has 0 amide bonds. The van der Waals surface area contributed by atoms with Gasteiger partial charge < -0.3 is 4.74 Å². The van der Waals surface area contributed by atoms with Gasteiger partial charge in [-0.2, -0.15) is 0 Å². The molecule has 0 aliphatic carbocycles. The zero-order chi connectivity index (χ0) is 15.5. The average Bonchev–Trinajstić information content (AvgIpc) is 2.50. The Hall–Kier alpha value is -1.33. The van der Waals surface area contributed by atoms with Gasteiger partial charge in [-0.05, 0) is 25.0 Å². The topological polar surface area (TPSA) is 29.5 Å². The number of rotatable bonds is 5. The number of carbonyl (C=O) groups is 1. The van der Waals surface area contributed by atoms with Crippen LogP contribution in [0.4, 0.5) is 8.78 Å². The van der Waals surface area contributed by atoms with Crippen molar-refractivity contribution in [2.24, 2.45) is 0 Å². The van der Waals surface area contributed by atoms with E-state index in [-0.39, 0.29) is 17.8 Å². The maximum absolute atomic E-state index is 13.7. The number of Topliss-reactive ketones (excluding diaryl/α,β-unsaturated/α-hetero) is 1. The number of halogens is 2. The summed E-state index contributed by atoms with van der Waals surface area (Å²) in [5.74, 6) is -1.34. The molecule has 3 nitrogen and oxygen atoms in total. The summed E-state index contributed by atoms with van der Waals surface area (Å²) in [5.41, 5.74) is -0.390. The fourth-order valence-corrected chi connectivity index (χ4v) is 2.68. The Morgan fingerprint density at radius 3 is 2.57 bits per heavy atom. The van der Waals surface area contributed by atoms with Gasteiger partial charge in [0.05, 0.1) is 18.8 Å². The van der Waals surface area contributed by atoms with E-state index < -0.39 is 17.2 Å². The molecule has 1 aromatic rings. The molecular weight excluding hydrogens is 276 g/mol. The van der Waals surface area contributed by atoms with Gasteiger partial charge in [0.25, 0.3) is 0 Å². The lowest BCUT2D eigenvalue weighted by Crippen LogP contribution is -2.56. The van der Waals surface area contributed by atoms with E-state index in [0.29, 0.717) is 32.7 Å². The van der Waals surface area contributed by atoms with Crippen LogP contribution in [0.2, 0.25) is 0 Å². The first-order valence-electron chi connectivity index (χ1n) is 7.27. The maximum Gasteiger partial charge on any atom is 0.157 e. The van der Waals surface area contributed by atoms with Crippen molar-refractivity contribution >= 4 is 5.78 Å². The highest BCUT2D eigenvalue weighted by Gasteiger charge is 2.38. The summed E-state index contributed by atoms with van der Waals surface area (Å²) in [5, 5.41) is 0. The van der Waals surface area contributed by atoms with Crippen molar-refractivity contribution in [3.05, 3.63) is 35.4 Å². The third-order valence-electron chi connectivity index (χ3n) is 4.36. The predicted molar refractivity (Wildman–Crippen MR) is 76.2 cm³/mol. The molecule has 0 aromatic heterocycles. The Morgan fingerprint density at radius 1 is 1.33 bits per heavy atom. The molecule has 1 saturated heterocycles. The molecule has 0 N–H and O–H groups in total. The fraction of sp³-hybridized carbons (Fsp3) is 0.562. The highest BCUT2D eigenvalue weighted by Crippen LogP contribution is 2.24. The Bertz CT molecular complexity index is 515. The molecule has 1 heterocycles. The number of hydrogen-bond donors (Lipinski definition) is 0. The first-order valence-corrected chi connectivity index (χ1v) is 7.27. The fourth-order valence-electron chi connectivity index (χ4n) is 2.68. The van der Waals surface area contributed by atoms with E-state index in [1.54, 1.807) is 0 Å². The maximum atomic E-state index is 13.7. The molecule has 1 atom stereocenters. The van der Waals surface area contributed by atoms with E-state index in [2.05, 4.69) is 4.90 Å². The van der Waals surface area contributed by atoms with Crippen molar-refractivity contribution in [3.63, 3.8) is 0 Å². The third kappa shape index (κ3) is 3.47. The second-order valence-electron chi connectivity index (χ2n) is 5.56. The van der Waals surface area contributed by atoms with Gasteiger partial charge in [-0.1, -0.05) is 13.0 Å². The van der Waals surface area contributed by atoms with Gasteiger partial charge in [-0.15, -0.1) is 0 Å². The highest BCUT2D eigenvalue weighted by molar-refractivity contribution is 5.89. The van der Waals surface area contributed by atoms with Crippen molar-refractivity contribution in [1.82, 2.24) is 4.90 Å². The molecule has 21 heavy (non-hydrogen) atoms. The van der Waals surface area contributed by atoms with Crippen LogP contribution in [-0.2, 0) is 16.0 Å². The quantitative estimate of drug-likeness (QED) is 0.836. The lowest BCUT2D eigenvalue weighted by Gasteiger charge is -2.41. The van der Waals surface area contributed by atoms with Crippen LogP contribution in [0.3, 0.4) is 0 Å². The Labute approximate surface area is 123 Å². The van der Waals surface area contributed by atoms with E-state index in [9.17, 15) is 13.6 Å². The van der Waals surface area contributed by atoms with E-state index >= 15 is 0 Å². The van der Waals surface area contributed by atoms with Gasteiger partial charge in [0.15, 0.2) is 5.78 Å². The van der Waals surface area contributed by atoms with Crippen LogP contribution in [0.1, 0.15) is 25.8 Å². The normalized spacial score (nSPS) is 19.2. The smallest absolute Gasteiger partial charge is 0.157 e. The Morgan fingerprint density at radius 2 is 2.00 bits per heavy atom. The number of ketones is 1. The van der Waals surface area contributed by atoms with Gasteiger partial charge in [0.2, 0.25) is 0 Å². The van der Waals surface area contributed by atoms with Crippen molar-refractivity contribution in [2.45, 2.75) is 32.2 Å². The highest BCUT2D eigenvalue weighted by atomic mass is 19.1. The summed E-state index contributed by atoms with van der Waals surface area (Å²) in [7, 11) is 0. The van der Waals surface area contributed by atoms with Gasteiger partial charge in [0, 0.05) is 25.6 Å². The molecular formula is C16H21F2NO2. The summed E-state index contributed by atoms with van der Waals surface area (Å²) in [6, 6.07) is 3.35. The molecule has 116 valence electrons. The summed E-state index contributed by atoms with van der Waals surface area (Å²) < 4.78 is 32.0. The molecule has 5 heteroatoms. The SMILES string of the molecule is CCC(C)(C(=O)Cc1ccc(F)cc1F)N1CCOCC1. The zero-order valence-corrected chi connectivity index (χ0v) is 12.5. The van der Waals surface area contributed by atoms with Gasteiger partial charge in [-0.3, -0.25) is 9.69 Å². The Kier molecular flexibility index (Phi) is 5.06. The molecule has 1 aliphatic rings. The summed E-state index contributed by atoms with van der Waals surface area (Å²) >= 11 is 0. The first kappa shape index (κ1) is 16.0. The standard InChI is InChI=1S/C16H21F2NO2/c1-3-16(2,19-6-8-21-9-7-19)15(20)10-12-4-5-13(17)11-14(12)18/h4-5,11H,3,6-10H2,1-2H3. The summed E-state index contributed by atoms with van der Waals surface area (Å²) in [6.07, 6.45) is 0.627. The monoisotopic (exact) mass is 297 g/mol. The average molecular weight is 297 g/mol. The molecule has 0 saturated carbocycles. The number of nitrogens with zero attached hydrogens (tertiary/aromatic N) is 1. The molecule has 0 radical (unpaired) electrons. The minimum absolute atomic E-state index is 0.0200. The molecule has 1 aromatic carbocycles. The third-order valence-corrected chi connectivity index (χ3v) is 4.36. The van der Waals surface area contributed by atoms with Crippen LogP contribution < -0.4 is 0 Å². The molecule has 2 rings (SSSR count). The van der Waals surface area contributed by atoms with Crippen LogP contribution in [-0.4, -0.2) is 42.5 Å². The van der Waals surface area contributed by atoms with E-state index in [1.807, 2.05) is 13.8 Å². The minimum atomic E-state index is -0.663. The van der Waals surface area contributed by atoms with Gasteiger partial charge in [-0.25, -0.2) is 8.78 Å². The predicted octanol–water partition coefficient (Wildman–Crippen LogP) is 2.58. The number of ether oxygens (including phenoxy) is 1. The van der Waals surface area contributed by atoms with E-state index in [4.69, 9.17) is 4.74 Å². The van der Waals surface area contributed by atoms with E-state index in [1.165, 1.54) is 12.1 Å². The number of morpholine rings is 1. The first-order chi connectivity index (χ1) is 9.97. The van der Waals surface area contributed by atoms with Crippen LogP contribution in [0.25, 0.3) is 0 Å². The van der Waals surface area contributed by atoms with Crippen molar-refractivity contribution in [3.8, 4) is 0 Å². The van der Waals surface area contributed by atoms with Crippen molar-refractivity contribution in [1.29, 1.82) is 0 Å². The second kappa shape index (κ2) is 6.62. The van der Waals surface area contributed by atoms with Crippen molar-refractivity contribution < 1.29 is 18.3 Å². The van der Waals surface area contributed by atoms with Crippen LogP contribution in [0.5, 0.6) is 0 Å². The summed E-state index contributed by atoms with van der Waals surface area (Å²) in [6.45, 7) is 6.45. The lowest BCUT2D eigenvalue weighted by atomic mass is 9.87. The van der Waals surface area contributed by atoms with E-state index in [0.717, 1.165) is 6.07 Å². The van der Waals surface area contributed by atoms with Gasteiger partial charge >= 0.3 is 0 Å². The molecule has 1 unspecified atom stereocenters. The minimum Gasteiger partial charge on any atom is -0.379 e. The van der Waals surface area contributed by atoms with Crippen LogP contribution >= 0.6 is 0 Å². The number of hydrogen-bond acceptors (Lipinski definition) is 3.